The summed E-state index contributed by atoms with van der Waals surface area (Å²) in [4.78, 5) is 12.4. The summed E-state index contributed by atoms with van der Waals surface area (Å²) < 4.78 is 44.0. The van der Waals surface area contributed by atoms with Crippen LogP contribution in [0.4, 0.5) is 13.2 Å². The SMILES string of the molecule is COc1cc(CNC(=O)c2ccc(C3=CC(C)C(C(F)(F)F)C=C3)cc2)ccc1O. The number of alkyl halides is 3. The van der Waals surface area contributed by atoms with Gasteiger partial charge in [-0.05, 0) is 46.9 Å². The molecule has 0 bridgehead atoms. The first-order chi connectivity index (χ1) is 14.2. The molecule has 2 N–H and O–H groups in total. The third-order valence-corrected chi connectivity index (χ3v) is 5.05. The van der Waals surface area contributed by atoms with Crippen LogP contribution in [0, 0.1) is 11.8 Å². The minimum absolute atomic E-state index is 0.0186. The lowest BCUT2D eigenvalue weighted by atomic mass is 9.84. The van der Waals surface area contributed by atoms with Crippen LogP contribution in [0.25, 0.3) is 5.57 Å². The standard InChI is InChI=1S/C23H22F3NO3/c1-14-11-18(8-9-19(14)23(24,25)26)16-4-6-17(7-5-16)22(29)27-13-15-3-10-20(28)21(12-15)30-2/h3-12,14,19,28H,13H2,1-2H3,(H,27,29). The first kappa shape index (κ1) is 21.5. The third-order valence-electron chi connectivity index (χ3n) is 5.05. The van der Waals surface area contributed by atoms with E-state index in [0.29, 0.717) is 16.9 Å². The average Bonchev–Trinajstić information content (AvgIpc) is 2.72. The Morgan fingerprint density at radius 2 is 1.87 bits per heavy atom. The molecule has 0 heterocycles. The predicted molar refractivity (Wildman–Crippen MR) is 108 cm³/mol. The molecule has 0 aromatic heterocycles. The van der Waals surface area contributed by atoms with Gasteiger partial charge in [-0.3, -0.25) is 4.79 Å². The van der Waals surface area contributed by atoms with Crippen molar-refractivity contribution < 1.29 is 27.8 Å². The number of allylic oxidation sites excluding steroid dienone is 4. The molecule has 0 radical (unpaired) electrons. The van der Waals surface area contributed by atoms with Gasteiger partial charge in [0.25, 0.3) is 5.91 Å². The van der Waals surface area contributed by atoms with Crippen LogP contribution < -0.4 is 10.1 Å². The molecule has 1 amide bonds. The molecule has 2 atom stereocenters. The largest absolute Gasteiger partial charge is 0.504 e. The molecule has 7 heteroatoms. The Morgan fingerprint density at radius 1 is 1.17 bits per heavy atom. The average molecular weight is 417 g/mol. The summed E-state index contributed by atoms with van der Waals surface area (Å²) in [6, 6.07) is 11.5. The minimum atomic E-state index is -4.26. The number of carbonyl (C=O) groups is 1. The van der Waals surface area contributed by atoms with Gasteiger partial charge in [0.1, 0.15) is 0 Å². The highest BCUT2D eigenvalue weighted by Gasteiger charge is 2.41. The summed E-state index contributed by atoms with van der Waals surface area (Å²) in [6.07, 6.45) is 0.00480. The maximum absolute atomic E-state index is 13.0. The van der Waals surface area contributed by atoms with Crippen LogP contribution >= 0.6 is 0 Å². The molecule has 0 fully saturated rings. The molecular formula is C23H22F3NO3. The summed E-state index contributed by atoms with van der Waals surface area (Å²) in [7, 11) is 1.44. The van der Waals surface area contributed by atoms with Gasteiger partial charge in [0.2, 0.25) is 0 Å². The van der Waals surface area contributed by atoms with E-state index in [9.17, 15) is 23.1 Å². The zero-order valence-electron chi connectivity index (χ0n) is 16.5. The molecule has 158 valence electrons. The second-order valence-corrected chi connectivity index (χ2v) is 7.17. The molecule has 1 aliphatic carbocycles. The molecule has 3 rings (SSSR count). The van der Waals surface area contributed by atoms with Crippen molar-refractivity contribution >= 4 is 11.5 Å². The van der Waals surface area contributed by atoms with Crippen LogP contribution in [0.1, 0.15) is 28.4 Å². The third kappa shape index (κ3) is 4.84. The molecule has 0 saturated carbocycles. The highest BCUT2D eigenvalue weighted by Crippen LogP contribution is 2.38. The zero-order chi connectivity index (χ0) is 21.9. The number of benzene rings is 2. The zero-order valence-corrected chi connectivity index (χ0v) is 16.5. The fourth-order valence-corrected chi connectivity index (χ4v) is 3.36. The normalized spacial score (nSPS) is 18.6. The van der Waals surface area contributed by atoms with Crippen molar-refractivity contribution in [2.24, 2.45) is 11.8 Å². The number of rotatable bonds is 5. The van der Waals surface area contributed by atoms with Gasteiger partial charge in [-0.1, -0.05) is 43.4 Å². The smallest absolute Gasteiger partial charge is 0.395 e. The number of methoxy groups -OCH3 is 1. The molecule has 30 heavy (non-hydrogen) atoms. The number of phenols is 1. The van der Waals surface area contributed by atoms with E-state index in [1.54, 1.807) is 49.4 Å². The molecule has 0 spiro atoms. The van der Waals surface area contributed by atoms with Crippen molar-refractivity contribution in [1.29, 1.82) is 0 Å². The number of halogens is 3. The van der Waals surface area contributed by atoms with Gasteiger partial charge in [-0.2, -0.15) is 13.2 Å². The molecule has 0 saturated heterocycles. The van der Waals surface area contributed by atoms with Crippen molar-refractivity contribution in [3.8, 4) is 11.5 Å². The lowest BCUT2D eigenvalue weighted by Crippen LogP contribution is -2.27. The lowest BCUT2D eigenvalue weighted by Gasteiger charge is -2.25. The quantitative estimate of drug-likeness (QED) is 0.712. The molecule has 4 nitrogen and oxygen atoms in total. The van der Waals surface area contributed by atoms with Gasteiger partial charge >= 0.3 is 6.18 Å². The number of aromatic hydroxyl groups is 1. The van der Waals surface area contributed by atoms with E-state index in [0.717, 1.165) is 11.1 Å². The Balaban J connectivity index is 1.64. The van der Waals surface area contributed by atoms with Crippen LogP contribution in [0.3, 0.4) is 0 Å². The maximum Gasteiger partial charge on any atom is 0.395 e. The van der Waals surface area contributed by atoms with E-state index in [2.05, 4.69) is 5.32 Å². The number of nitrogens with one attached hydrogen (secondary N) is 1. The number of amides is 1. The van der Waals surface area contributed by atoms with E-state index in [4.69, 9.17) is 4.74 Å². The number of carbonyl (C=O) groups excluding carboxylic acids is 1. The monoisotopic (exact) mass is 417 g/mol. The minimum Gasteiger partial charge on any atom is -0.504 e. The van der Waals surface area contributed by atoms with Crippen molar-refractivity contribution in [2.75, 3.05) is 7.11 Å². The second kappa shape index (κ2) is 8.65. The molecule has 0 aliphatic heterocycles. The summed E-state index contributed by atoms with van der Waals surface area (Å²) in [6.45, 7) is 1.79. The summed E-state index contributed by atoms with van der Waals surface area (Å²) in [5, 5.41) is 12.4. The van der Waals surface area contributed by atoms with Crippen LogP contribution in [-0.2, 0) is 6.54 Å². The maximum atomic E-state index is 13.0. The molecule has 2 aromatic carbocycles. The van der Waals surface area contributed by atoms with Gasteiger partial charge in [0.15, 0.2) is 11.5 Å². The Hall–Kier alpha value is -3.22. The molecule has 1 aliphatic rings. The number of ether oxygens (including phenoxy) is 1. The van der Waals surface area contributed by atoms with Gasteiger partial charge in [0.05, 0.1) is 13.0 Å². The van der Waals surface area contributed by atoms with Gasteiger partial charge < -0.3 is 15.2 Å². The Labute approximate surface area is 172 Å². The Morgan fingerprint density at radius 3 is 2.47 bits per heavy atom. The summed E-state index contributed by atoms with van der Waals surface area (Å²) in [5.74, 6) is -2.08. The fraction of sp³-hybridized carbons (Fsp3) is 0.261. The van der Waals surface area contributed by atoms with Gasteiger partial charge in [-0.15, -0.1) is 0 Å². The molecule has 2 aromatic rings. The Bertz CT molecular complexity index is 978. The van der Waals surface area contributed by atoms with Gasteiger partial charge in [0, 0.05) is 12.1 Å². The molecule has 2 unspecified atom stereocenters. The fourth-order valence-electron chi connectivity index (χ4n) is 3.36. The Kier molecular flexibility index (Phi) is 6.20. The first-order valence-corrected chi connectivity index (χ1v) is 9.40. The number of phenolic OH excluding ortho intramolecular Hbond substituents is 1. The highest BCUT2D eigenvalue weighted by molar-refractivity contribution is 5.94. The van der Waals surface area contributed by atoms with Crippen LogP contribution in [0.15, 0.2) is 60.7 Å². The predicted octanol–water partition coefficient (Wildman–Crippen LogP) is 5.10. The van der Waals surface area contributed by atoms with Gasteiger partial charge in [-0.25, -0.2) is 0 Å². The van der Waals surface area contributed by atoms with Crippen LogP contribution in [0.5, 0.6) is 11.5 Å². The van der Waals surface area contributed by atoms with E-state index in [1.807, 2.05) is 0 Å². The van der Waals surface area contributed by atoms with Crippen molar-refractivity contribution in [1.82, 2.24) is 5.32 Å². The van der Waals surface area contributed by atoms with Crippen molar-refractivity contribution in [3.63, 3.8) is 0 Å². The molecular weight excluding hydrogens is 395 g/mol. The van der Waals surface area contributed by atoms with E-state index in [-0.39, 0.29) is 18.2 Å². The summed E-state index contributed by atoms with van der Waals surface area (Å²) >= 11 is 0. The van der Waals surface area contributed by atoms with E-state index in [1.165, 1.54) is 25.3 Å². The van der Waals surface area contributed by atoms with E-state index < -0.39 is 18.0 Å². The highest BCUT2D eigenvalue weighted by atomic mass is 19.4. The first-order valence-electron chi connectivity index (χ1n) is 9.40. The second-order valence-electron chi connectivity index (χ2n) is 7.17. The number of hydrogen-bond acceptors (Lipinski definition) is 3. The van der Waals surface area contributed by atoms with E-state index >= 15 is 0 Å². The number of hydrogen-bond donors (Lipinski definition) is 2. The summed E-state index contributed by atoms with van der Waals surface area (Å²) in [5.41, 5.74) is 2.65. The van der Waals surface area contributed by atoms with Crippen molar-refractivity contribution in [3.05, 3.63) is 77.4 Å². The topological polar surface area (TPSA) is 58.6 Å². The van der Waals surface area contributed by atoms with Crippen LogP contribution in [0.2, 0.25) is 0 Å². The van der Waals surface area contributed by atoms with Crippen molar-refractivity contribution in [2.45, 2.75) is 19.6 Å². The lowest BCUT2D eigenvalue weighted by molar-refractivity contribution is -0.168. The van der Waals surface area contributed by atoms with Crippen LogP contribution in [-0.4, -0.2) is 24.3 Å².